The first-order chi connectivity index (χ1) is 10.9. The van der Waals surface area contributed by atoms with Crippen LogP contribution in [0.1, 0.15) is 11.1 Å². The fourth-order valence-corrected chi connectivity index (χ4v) is 3.15. The molecular weight excluding hydrogens is 272 g/mol. The van der Waals surface area contributed by atoms with Crippen LogP contribution >= 0.6 is 0 Å². The Hall–Kier alpha value is -2.16. The van der Waals surface area contributed by atoms with Crippen LogP contribution in [-0.4, -0.2) is 19.5 Å². The summed E-state index contributed by atoms with van der Waals surface area (Å²) < 4.78 is 11.6. The molecule has 2 atom stereocenters. The SMILES string of the molecule is C(=C1/COC2OC/C(=C/c3ccccc3)C12)/c1ccccc1. The van der Waals surface area contributed by atoms with Crippen molar-refractivity contribution < 1.29 is 9.47 Å². The molecule has 4 rings (SSSR count). The van der Waals surface area contributed by atoms with Gasteiger partial charge in [-0.3, -0.25) is 0 Å². The van der Waals surface area contributed by atoms with Crippen LogP contribution in [0.2, 0.25) is 0 Å². The second-order valence-electron chi connectivity index (χ2n) is 5.73. The second-order valence-corrected chi connectivity index (χ2v) is 5.73. The van der Waals surface area contributed by atoms with E-state index < -0.39 is 0 Å². The number of fused-ring (bicyclic) bond motifs is 1. The summed E-state index contributed by atoms with van der Waals surface area (Å²) in [7, 11) is 0. The lowest BCUT2D eigenvalue weighted by Gasteiger charge is -2.09. The van der Waals surface area contributed by atoms with Crippen molar-refractivity contribution in [3.8, 4) is 0 Å². The Bertz CT molecular complexity index is 640. The van der Waals surface area contributed by atoms with Gasteiger partial charge >= 0.3 is 0 Å². The van der Waals surface area contributed by atoms with Gasteiger partial charge in [-0.15, -0.1) is 0 Å². The first-order valence-electron chi connectivity index (χ1n) is 7.64. The van der Waals surface area contributed by atoms with Gasteiger partial charge in [0.25, 0.3) is 0 Å². The zero-order valence-electron chi connectivity index (χ0n) is 12.3. The number of rotatable bonds is 2. The third-order valence-corrected chi connectivity index (χ3v) is 4.20. The summed E-state index contributed by atoms with van der Waals surface area (Å²) >= 11 is 0. The van der Waals surface area contributed by atoms with Crippen molar-refractivity contribution in [2.24, 2.45) is 5.92 Å². The largest absolute Gasteiger partial charge is 0.347 e. The molecule has 0 aromatic heterocycles. The maximum absolute atomic E-state index is 5.80. The maximum atomic E-state index is 5.80. The summed E-state index contributed by atoms with van der Waals surface area (Å²) in [5.74, 6) is 0.250. The Morgan fingerprint density at radius 2 is 1.14 bits per heavy atom. The van der Waals surface area contributed by atoms with Gasteiger partial charge in [-0.05, 0) is 22.3 Å². The topological polar surface area (TPSA) is 18.5 Å². The number of ether oxygens (including phenoxy) is 2. The minimum Gasteiger partial charge on any atom is -0.347 e. The Morgan fingerprint density at radius 3 is 1.59 bits per heavy atom. The molecule has 0 bridgehead atoms. The summed E-state index contributed by atoms with van der Waals surface area (Å²) in [5, 5.41) is 0. The molecule has 0 amide bonds. The fourth-order valence-electron chi connectivity index (χ4n) is 3.15. The predicted molar refractivity (Wildman–Crippen MR) is 88.0 cm³/mol. The highest BCUT2D eigenvalue weighted by Crippen LogP contribution is 2.40. The number of hydrogen-bond acceptors (Lipinski definition) is 2. The van der Waals surface area contributed by atoms with Crippen molar-refractivity contribution >= 4 is 12.2 Å². The van der Waals surface area contributed by atoms with Gasteiger partial charge in [-0.2, -0.15) is 0 Å². The molecule has 2 fully saturated rings. The standard InChI is InChI=1S/C20H18O2/c1-3-7-15(8-4-1)11-17-13-21-20-19(17)18(14-22-20)12-16-9-5-2-6-10-16/h1-12,19-20H,13-14H2/b17-11-,18-12+. The first kappa shape index (κ1) is 13.5. The van der Waals surface area contributed by atoms with Crippen LogP contribution in [0.15, 0.2) is 71.8 Å². The van der Waals surface area contributed by atoms with Gasteiger partial charge in [0.15, 0.2) is 6.29 Å². The van der Waals surface area contributed by atoms with Gasteiger partial charge in [0, 0.05) is 0 Å². The summed E-state index contributed by atoms with van der Waals surface area (Å²) in [6, 6.07) is 20.8. The van der Waals surface area contributed by atoms with Crippen molar-refractivity contribution in [2.75, 3.05) is 13.2 Å². The van der Waals surface area contributed by atoms with E-state index in [4.69, 9.17) is 9.47 Å². The highest BCUT2D eigenvalue weighted by atomic mass is 16.7. The molecule has 0 saturated carbocycles. The van der Waals surface area contributed by atoms with E-state index in [0.29, 0.717) is 13.2 Å². The molecule has 2 aromatic rings. The zero-order valence-corrected chi connectivity index (χ0v) is 12.3. The molecule has 0 spiro atoms. The highest BCUT2D eigenvalue weighted by Gasteiger charge is 2.41. The third kappa shape index (κ3) is 2.63. The van der Waals surface area contributed by atoms with E-state index in [1.54, 1.807) is 0 Å². The predicted octanol–water partition coefficient (Wildman–Crippen LogP) is 4.16. The lowest BCUT2D eigenvalue weighted by Crippen LogP contribution is -2.11. The van der Waals surface area contributed by atoms with Crippen molar-refractivity contribution in [3.63, 3.8) is 0 Å². The third-order valence-electron chi connectivity index (χ3n) is 4.20. The molecule has 2 aromatic carbocycles. The van der Waals surface area contributed by atoms with E-state index in [9.17, 15) is 0 Å². The molecule has 0 N–H and O–H groups in total. The van der Waals surface area contributed by atoms with Crippen molar-refractivity contribution in [1.29, 1.82) is 0 Å². The van der Waals surface area contributed by atoms with E-state index in [-0.39, 0.29) is 12.2 Å². The van der Waals surface area contributed by atoms with Crippen molar-refractivity contribution in [3.05, 3.63) is 82.9 Å². The molecule has 2 heteroatoms. The summed E-state index contributed by atoms with van der Waals surface area (Å²) in [5.41, 5.74) is 5.03. The van der Waals surface area contributed by atoms with Crippen LogP contribution in [0.25, 0.3) is 12.2 Å². The van der Waals surface area contributed by atoms with E-state index in [1.807, 2.05) is 12.1 Å². The molecule has 0 radical (unpaired) electrons. The summed E-state index contributed by atoms with van der Waals surface area (Å²) in [6.45, 7) is 1.30. The van der Waals surface area contributed by atoms with Gasteiger partial charge < -0.3 is 9.47 Å². The molecule has 2 saturated heterocycles. The summed E-state index contributed by atoms with van der Waals surface area (Å²) in [4.78, 5) is 0. The minimum atomic E-state index is -0.120. The molecular formula is C20H18O2. The average molecular weight is 290 g/mol. The minimum absolute atomic E-state index is 0.120. The first-order valence-corrected chi connectivity index (χ1v) is 7.64. The highest BCUT2D eigenvalue weighted by molar-refractivity contribution is 5.60. The van der Waals surface area contributed by atoms with Crippen LogP contribution < -0.4 is 0 Å². The molecule has 2 aliphatic heterocycles. The monoisotopic (exact) mass is 290 g/mol. The molecule has 2 nitrogen and oxygen atoms in total. The molecule has 2 heterocycles. The van der Waals surface area contributed by atoms with Gasteiger partial charge in [0.1, 0.15) is 0 Å². The van der Waals surface area contributed by atoms with Crippen LogP contribution in [-0.2, 0) is 9.47 Å². The normalized spacial score (nSPS) is 27.5. The Kier molecular flexibility index (Phi) is 3.63. The van der Waals surface area contributed by atoms with E-state index >= 15 is 0 Å². The van der Waals surface area contributed by atoms with Crippen LogP contribution in [0.3, 0.4) is 0 Å². The smallest absolute Gasteiger partial charge is 0.168 e. The molecule has 110 valence electrons. The summed E-state index contributed by atoms with van der Waals surface area (Å²) in [6.07, 6.45) is 4.35. The van der Waals surface area contributed by atoms with Crippen molar-refractivity contribution in [2.45, 2.75) is 6.29 Å². The van der Waals surface area contributed by atoms with Crippen LogP contribution in [0.4, 0.5) is 0 Å². The Balaban J connectivity index is 1.66. The van der Waals surface area contributed by atoms with Gasteiger partial charge in [-0.1, -0.05) is 72.8 Å². The Labute approximate surface area is 130 Å². The van der Waals surface area contributed by atoms with Crippen LogP contribution in [0, 0.1) is 5.92 Å². The lowest BCUT2D eigenvalue weighted by atomic mass is 9.92. The number of benzene rings is 2. The van der Waals surface area contributed by atoms with Crippen LogP contribution in [0.5, 0.6) is 0 Å². The van der Waals surface area contributed by atoms with E-state index in [0.717, 1.165) is 0 Å². The van der Waals surface area contributed by atoms with E-state index in [1.165, 1.54) is 22.3 Å². The Morgan fingerprint density at radius 1 is 0.682 bits per heavy atom. The maximum Gasteiger partial charge on any atom is 0.168 e. The zero-order chi connectivity index (χ0) is 14.8. The molecule has 2 aliphatic rings. The van der Waals surface area contributed by atoms with Crippen molar-refractivity contribution in [1.82, 2.24) is 0 Å². The van der Waals surface area contributed by atoms with Gasteiger partial charge in [0.2, 0.25) is 0 Å². The fraction of sp³-hybridized carbons (Fsp3) is 0.200. The molecule has 22 heavy (non-hydrogen) atoms. The quantitative estimate of drug-likeness (QED) is 0.827. The van der Waals surface area contributed by atoms with Gasteiger partial charge in [0.05, 0.1) is 19.1 Å². The molecule has 0 aliphatic carbocycles. The van der Waals surface area contributed by atoms with E-state index in [2.05, 4.69) is 60.7 Å². The second kappa shape index (κ2) is 5.91. The lowest BCUT2D eigenvalue weighted by molar-refractivity contribution is -0.0903. The van der Waals surface area contributed by atoms with Gasteiger partial charge in [-0.25, -0.2) is 0 Å². The number of hydrogen-bond donors (Lipinski definition) is 0. The average Bonchev–Trinajstić information content (AvgIpc) is 3.14. The molecule has 2 unspecified atom stereocenters.